The molecule has 0 aliphatic heterocycles. The second kappa shape index (κ2) is 24.5. The van der Waals surface area contributed by atoms with E-state index in [2.05, 4.69) is 46.4 Å². The second-order valence-electron chi connectivity index (χ2n) is 19.4. The number of esters is 3. The van der Waals surface area contributed by atoms with Gasteiger partial charge in [0.2, 0.25) is 0 Å². The molecule has 0 aromatic rings. The Balaban J connectivity index is 1.78. The van der Waals surface area contributed by atoms with Crippen molar-refractivity contribution in [3.63, 3.8) is 0 Å². The highest BCUT2D eigenvalue weighted by molar-refractivity contribution is 5.71. The van der Waals surface area contributed by atoms with Crippen molar-refractivity contribution < 1.29 is 37.4 Å². The van der Waals surface area contributed by atoms with Gasteiger partial charge in [0.15, 0.2) is 0 Å². The first-order valence-electron chi connectivity index (χ1n) is 23.8. The van der Waals surface area contributed by atoms with E-state index < -0.39 is 23.3 Å². The SMILES string of the molecule is CCCCCC(F)(CCCCC)CC(=O)OCC12CCC3(COC(=O)CCCN(CC)CC)CC(C1)CC(COC(=O)CC(F)(CCCCC)CCCCC)(C3)C2. The van der Waals surface area contributed by atoms with Gasteiger partial charge in [-0.15, -0.1) is 0 Å². The summed E-state index contributed by atoms with van der Waals surface area (Å²) in [5.74, 6) is -0.810. The van der Waals surface area contributed by atoms with Gasteiger partial charge < -0.3 is 19.1 Å². The van der Waals surface area contributed by atoms with Gasteiger partial charge in [-0.05, 0) is 103 Å². The van der Waals surface area contributed by atoms with E-state index in [-0.39, 0.29) is 48.3 Å². The molecule has 4 unspecified atom stereocenters. The van der Waals surface area contributed by atoms with Gasteiger partial charge in [0, 0.05) is 22.7 Å². The molecule has 4 aliphatic carbocycles. The van der Waals surface area contributed by atoms with E-state index in [0.29, 0.717) is 44.6 Å². The predicted molar refractivity (Wildman–Crippen MR) is 226 cm³/mol. The Kier molecular flexibility index (Phi) is 21.3. The number of halogens is 2. The van der Waals surface area contributed by atoms with Crippen molar-refractivity contribution in [3.05, 3.63) is 0 Å². The fraction of sp³-hybridized carbons (Fsp3) is 0.938. The lowest BCUT2D eigenvalue weighted by molar-refractivity contribution is -0.165. The van der Waals surface area contributed by atoms with Crippen molar-refractivity contribution in [1.82, 2.24) is 4.90 Å². The van der Waals surface area contributed by atoms with Crippen LogP contribution in [0.15, 0.2) is 0 Å². The molecule has 0 saturated heterocycles. The van der Waals surface area contributed by atoms with Crippen molar-refractivity contribution >= 4 is 17.9 Å². The molecule has 4 rings (SSSR count). The van der Waals surface area contributed by atoms with E-state index >= 15 is 8.78 Å². The number of nitrogens with zero attached hydrogens (tertiary/aromatic N) is 1. The van der Waals surface area contributed by atoms with Crippen molar-refractivity contribution in [2.45, 2.75) is 226 Å². The summed E-state index contributed by atoms with van der Waals surface area (Å²) in [6.45, 7) is 16.2. The van der Waals surface area contributed by atoms with Gasteiger partial charge in [-0.25, -0.2) is 8.78 Å². The molecule has 7 nitrogen and oxygen atoms in total. The quantitative estimate of drug-likeness (QED) is 0.0380. The minimum atomic E-state index is -1.56. The zero-order chi connectivity index (χ0) is 41.8. The Bertz CT molecular complexity index is 1180. The van der Waals surface area contributed by atoms with Crippen LogP contribution in [-0.4, -0.2) is 73.6 Å². The molecule has 57 heavy (non-hydrogen) atoms. The second-order valence-corrected chi connectivity index (χ2v) is 19.4. The molecule has 4 atom stereocenters. The lowest BCUT2D eigenvalue weighted by atomic mass is 9.51. The van der Waals surface area contributed by atoms with Gasteiger partial charge in [-0.3, -0.25) is 14.4 Å². The van der Waals surface area contributed by atoms with Gasteiger partial charge >= 0.3 is 17.9 Å². The van der Waals surface area contributed by atoms with Gasteiger partial charge in [0.05, 0.1) is 32.7 Å². The maximum absolute atomic E-state index is 16.4. The Morgan fingerprint density at radius 1 is 0.544 bits per heavy atom. The van der Waals surface area contributed by atoms with Crippen LogP contribution in [0.1, 0.15) is 215 Å². The molecular weight excluding hydrogens is 725 g/mol. The van der Waals surface area contributed by atoms with Crippen LogP contribution in [0.4, 0.5) is 8.78 Å². The molecule has 4 aliphatic rings. The number of unbranched alkanes of at least 4 members (excludes halogenated alkanes) is 8. The molecule has 0 spiro atoms. The third-order valence-corrected chi connectivity index (χ3v) is 14.1. The molecule has 4 fully saturated rings. The number of hydrogen-bond acceptors (Lipinski definition) is 7. The molecule has 0 amide bonds. The summed E-state index contributed by atoms with van der Waals surface area (Å²) in [4.78, 5) is 42.5. The summed E-state index contributed by atoms with van der Waals surface area (Å²) < 4.78 is 51.0. The molecule has 0 N–H and O–H groups in total. The van der Waals surface area contributed by atoms with Crippen molar-refractivity contribution in [2.24, 2.45) is 22.2 Å². The lowest BCUT2D eigenvalue weighted by Crippen LogP contribution is -2.50. The van der Waals surface area contributed by atoms with Crippen LogP contribution in [0.3, 0.4) is 0 Å². The van der Waals surface area contributed by atoms with Crippen molar-refractivity contribution in [1.29, 1.82) is 0 Å². The van der Waals surface area contributed by atoms with Gasteiger partial charge in [-0.2, -0.15) is 0 Å². The number of fused-ring (bicyclic) bond motifs is 1. The first kappa shape index (κ1) is 49.6. The fourth-order valence-corrected chi connectivity index (χ4v) is 11.2. The van der Waals surface area contributed by atoms with Crippen LogP contribution in [0.5, 0.6) is 0 Å². The Morgan fingerprint density at radius 3 is 1.30 bits per heavy atom. The third kappa shape index (κ3) is 16.7. The average molecular weight is 810 g/mol. The molecule has 9 heteroatoms. The molecule has 0 aromatic carbocycles. The van der Waals surface area contributed by atoms with Crippen molar-refractivity contribution in [2.75, 3.05) is 39.5 Å². The summed E-state index contributed by atoms with van der Waals surface area (Å²) in [6, 6.07) is 0. The number of ether oxygens (including phenoxy) is 3. The maximum Gasteiger partial charge on any atom is 0.309 e. The van der Waals surface area contributed by atoms with E-state index in [9.17, 15) is 14.4 Å². The highest BCUT2D eigenvalue weighted by atomic mass is 19.1. The minimum absolute atomic E-state index is 0.169. The highest BCUT2D eigenvalue weighted by Crippen LogP contribution is 2.66. The predicted octanol–water partition coefficient (Wildman–Crippen LogP) is 12.6. The van der Waals surface area contributed by atoms with Gasteiger partial charge in [0.1, 0.15) is 11.3 Å². The molecule has 332 valence electrons. The smallest absolute Gasteiger partial charge is 0.309 e. The molecular formula is C48H85F2NO6. The Morgan fingerprint density at radius 2 is 0.912 bits per heavy atom. The third-order valence-electron chi connectivity index (χ3n) is 14.1. The number of rotatable bonds is 32. The first-order valence-corrected chi connectivity index (χ1v) is 23.8. The summed E-state index contributed by atoms with van der Waals surface area (Å²) >= 11 is 0. The summed E-state index contributed by atoms with van der Waals surface area (Å²) in [5, 5.41) is 0. The van der Waals surface area contributed by atoms with E-state index in [0.717, 1.165) is 148 Å². The summed E-state index contributed by atoms with van der Waals surface area (Å²) in [7, 11) is 0. The van der Waals surface area contributed by atoms with Crippen LogP contribution in [0.25, 0.3) is 0 Å². The number of carbonyl (C=O) groups is 3. The average Bonchev–Trinajstić information content (AvgIpc) is 3.34. The molecule has 0 radical (unpaired) electrons. The lowest BCUT2D eigenvalue weighted by Gasteiger charge is -2.54. The first-order chi connectivity index (χ1) is 27.2. The van der Waals surface area contributed by atoms with E-state index in [1.807, 2.05) is 0 Å². The number of alkyl halides is 2. The largest absolute Gasteiger partial charge is 0.465 e. The van der Waals surface area contributed by atoms with Crippen molar-refractivity contribution in [3.8, 4) is 0 Å². The van der Waals surface area contributed by atoms with Crippen LogP contribution in [0, 0.1) is 22.2 Å². The standard InChI is InChI=1S/C48H85F2NO6/c1-7-13-17-23-47(49,24-18-14-8-2)33-42(53)56-38-45-28-27-44(37-55-41(52)22-21-29-51(11-5)12-6)30-40(31-45)32-46(35-44,36-45)39-57-43(54)34-48(50,25-19-15-9-3)26-20-16-10-4/h40H,7-39H2,1-6H3. The van der Waals surface area contributed by atoms with E-state index in [1.165, 1.54) is 0 Å². The minimum Gasteiger partial charge on any atom is -0.465 e. The van der Waals surface area contributed by atoms with Crippen LogP contribution < -0.4 is 0 Å². The Hall–Kier alpha value is -1.77. The summed E-state index contributed by atoms with van der Waals surface area (Å²) in [5.41, 5.74) is -4.09. The molecule has 0 heterocycles. The van der Waals surface area contributed by atoms with Crippen LogP contribution in [0.2, 0.25) is 0 Å². The van der Waals surface area contributed by atoms with Crippen LogP contribution >= 0.6 is 0 Å². The van der Waals surface area contributed by atoms with E-state index in [1.54, 1.807) is 0 Å². The zero-order valence-electron chi connectivity index (χ0n) is 37.6. The van der Waals surface area contributed by atoms with Gasteiger partial charge in [0.25, 0.3) is 0 Å². The number of hydrogen-bond donors (Lipinski definition) is 0. The van der Waals surface area contributed by atoms with Crippen LogP contribution in [-0.2, 0) is 28.6 Å². The maximum atomic E-state index is 16.4. The highest BCUT2D eigenvalue weighted by Gasteiger charge is 2.60. The Labute approximate surface area is 347 Å². The van der Waals surface area contributed by atoms with Gasteiger partial charge in [-0.1, -0.05) is 119 Å². The topological polar surface area (TPSA) is 82.1 Å². The normalized spacial score (nSPS) is 24.5. The number of carbonyl (C=O) groups excluding carboxylic acids is 3. The molecule has 4 saturated carbocycles. The van der Waals surface area contributed by atoms with E-state index in [4.69, 9.17) is 14.2 Å². The molecule has 0 aromatic heterocycles. The summed E-state index contributed by atoms with van der Waals surface area (Å²) in [6.07, 6.45) is 18.8. The fourth-order valence-electron chi connectivity index (χ4n) is 11.2. The monoisotopic (exact) mass is 810 g/mol. The zero-order valence-corrected chi connectivity index (χ0v) is 37.6. The molecule has 4 bridgehead atoms.